The van der Waals surface area contributed by atoms with Crippen molar-refractivity contribution in [3.63, 3.8) is 0 Å². The van der Waals surface area contributed by atoms with Crippen molar-refractivity contribution in [2.45, 2.75) is 31.6 Å². The van der Waals surface area contributed by atoms with Gasteiger partial charge in [-0.3, -0.25) is 4.90 Å². The number of hydrogen-bond acceptors (Lipinski definition) is 5. The molecule has 27 heavy (non-hydrogen) atoms. The molecule has 1 aliphatic heterocycles. The standard InChI is InChI=1S/C21H26BrNO4/c22-17-7-9-19(10-8-17)27-15-18(24)13-23(14-20-5-3-11-26-20)12-16-4-1-2-6-21(16)25/h1-2,4,6-10,18,20,24-25H,3,5,11-15H2/t18-,20+/m0/s1. The van der Waals surface area contributed by atoms with Crippen LogP contribution in [0.15, 0.2) is 53.0 Å². The summed E-state index contributed by atoms with van der Waals surface area (Å²) in [6, 6.07) is 14.9. The summed E-state index contributed by atoms with van der Waals surface area (Å²) in [5.74, 6) is 0.999. The number of hydrogen-bond donors (Lipinski definition) is 2. The van der Waals surface area contributed by atoms with Crippen molar-refractivity contribution < 1.29 is 19.7 Å². The third-order valence-electron chi connectivity index (χ3n) is 4.60. The highest BCUT2D eigenvalue weighted by molar-refractivity contribution is 9.10. The van der Waals surface area contributed by atoms with Gasteiger partial charge in [-0.1, -0.05) is 34.1 Å². The molecule has 146 valence electrons. The van der Waals surface area contributed by atoms with E-state index >= 15 is 0 Å². The fourth-order valence-electron chi connectivity index (χ4n) is 3.24. The quantitative estimate of drug-likeness (QED) is 0.630. The Labute approximate surface area is 168 Å². The first-order chi connectivity index (χ1) is 13.1. The predicted octanol–water partition coefficient (Wildman–Crippen LogP) is 3.58. The van der Waals surface area contributed by atoms with Gasteiger partial charge in [-0.05, 0) is 43.2 Å². The highest BCUT2D eigenvalue weighted by Gasteiger charge is 2.22. The SMILES string of the molecule is Oc1ccccc1CN(C[C@H](O)COc1ccc(Br)cc1)C[C@H]1CCCO1. The van der Waals surface area contributed by atoms with Crippen LogP contribution in [0.4, 0.5) is 0 Å². The summed E-state index contributed by atoms with van der Waals surface area (Å²) in [5.41, 5.74) is 0.844. The van der Waals surface area contributed by atoms with Gasteiger partial charge in [0.25, 0.3) is 0 Å². The molecular formula is C21H26BrNO4. The van der Waals surface area contributed by atoms with Gasteiger partial charge < -0.3 is 19.7 Å². The molecule has 2 atom stereocenters. The van der Waals surface area contributed by atoms with Gasteiger partial charge in [0.1, 0.15) is 24.2 Å². The van der Waals surface area contributed by atoms with Crippen LogP contribution in [0.25, 0.3) is 0 Å². The van der Waals surface area contributed by atoms with E-state index in [4.69, 9.17) is 9.47 Å². The number of halogens is 1. The monoisotopic (exact) mass is 435 g/mol. The van der Waals surface area contributed by atoms with E-state index in [9.17, 15) is 10.2 Å². The van der Waals surface area contributed by atoms with E-state index in [-0.39, 0.29) is 18.5 Å². The molecule has 0 bridgehead atoms. The molecule has 0 saturated carbocycles. The van der Waals surface area contributed by atoms with Crippen molar-refractivity contribution in [1.29, 1.82) is 0 Å². The molecule has 0 spiro atoms. The van der Waals surface area contributed by atoms with Crippen molar-refractivity contribution in [3.05, 3.63) is 58.6 Å². The predicted molar refractivity (Wildman–Crippen MR) is 108 cm³/mol. The number of aromatic hydroxyl groups is 1. The molecule has 0 radical (unpaired) electrons. The number of aliphatic hydroxyl groups is 1. The number of para-hydroxylation sites is 1. The number of ether oxygens (including phenoxy) is 2. The lowest BCUT2D eigenvalue weighted by atomic mass is 10.1. The molecule has 3 rings (SSSR count). The summed E-state index contributed by atoms with van der Waals surface area (Å²) in [6.45, 7) is 2.74. The van der Waals surface area contributed by atoms with Crippen LogP contribution in [-0.2, 0) is 11.3 Å². The minimum atomic E-state index is -0.638. The molecule has 0 aromatic heterocycles. The topological polar surface area (TPSA) is 62.2 Å². The Morgan fingerprint density at radius 3 is 2.67 bits per heavy atom. The van der Waals surface area contributed by atoms with E-state index in [1.165, 1.54) is 0 Å². The van der Waals surface area contributed by atoms with Gasteiger partial charge >= 0.3 is 0 Å². The number of phenolic OH excluding ortho intramolecular Hbond substituents is 1. The lowest BCUT2D eigenvalue weighted by molar-refractivity contribution is 0.0311. The van der Waals surface area contributed by atoms with Crippen LogP contribution in [0.5, 0.6) is 11.5 Å². The summed E-state index contributed by atoms with van der Waals surface area (Å²) in [4.78, 5) is 2.13. The van der Waals surface area contributed by atoms with Crippen LogP contribution in [0.2, 0.25) is 0 Å². The maximum atomic E-state index is 10.5. The average Bonchev–Trinajstić information content (AvgIpc) is 3.16. The molecular weight excluding hydrogens is 410 g/mol. The highest BCUT2D eigenvalue weighted by atomic mass is 79.9. The molecule has 1 fully saturated rings. The van der Waals surface area contributed by atoms with Crippen LogP contribution < -0.4 is 4.74 Å². The van der Waals surface area contributed by atoms with E-state index in [0.717, 1.165) is 41.8 Å². The Morgan fingerprint density at radius 2 is 1.96 bits per heavy atom. The molecule has 2 aromatic carbocycles. The van der Waals surface area contributed by atoms with Gasteiger partial charge in [0.05, 0.1) is 6.10 Å². The lowest BCUT2D eigenvalue weighted by Gasteiger charge is -2.27. The second-order valence-corrected chi connectivity index (χ2v) is 7.79. The Morgan fingerprint density at radius 1 is 1.19 bits per heavy atom. The molecule has 0 amide bonds. The minimum absolute atomic E-state index is 0.176. The van der Waals surface area contributed by atoms with E-state index in [1.807, 2.05) is 42.5 Å². The number of phenols is 1. The molecule has 0 unspecified atom stereocenters. The normalized spacial score (nSPS) is 18.0. The summed E-state index contributed by atoms with van der Waals surface area (Å²) >= 11 is 3.39. The van der Waals surface area contributed by atoms with Crippen molar-refractivity contribution in [2.24, 2.45) is 0 Å². The second-order valence-electron chi connectivity index (χ2n) is 6.88. The van der Waals surface area contributed by atoms with Crippen LogP contribution in [0.3, 0.4) is 0 Å². The van der Waals surface area contributed by atoms with Crippen molar-refractivity contribution in [3.8, 4) is 11.5 Å². The van der Waals surface area contributed by atoms with Gasteiger partial charge in [0.15, 0.2) is 0 Å². The Kier molecular flexibility index (Phi) is 7.52. The fraction of sp³-hybridized carbons (Fsp3) is 0.429. The van der Waals surface area contributed by atoms with E-state index < -0.39 is 6.10 Å². The molecule has 5 nitrogen and oxygen atoms in total. The van der Waals surface area contributed by atoms with Gasteiger partial charge in [-0.15, -0.1) is 0 Å². The molecule has 1 saturated heterocycles. The fourth-order valence-corrected chi connectivity index (χ4v) is 3.50. The Bertz CT molecular complexity index is 704. The Hall–Kier alpha value is -1.60. The first-order valence-corrected chi connectivity index (χ1v) is 10.1. The van der Waals surface area contributed by atoms with E-state index in [2.05, 4.69) is 20.8 Å². The molecule has 2 N–H and O–H groups in total. The average molecular weight is 436 g/mol. The highest BCUT2D eigenvalue weighted by Crippen LogP contribution is 2.21. The maximum Gasteiger partial charge on any atom is 0.120 e. The van der Waals surface area contributed by atoms with Crippen molar-refractivity contribution in [2.75, 3.05) is 26.3 Å². The van der Waals surface area contributed by atoms with Gasteiger partial charge in [-0.25, -0.2) is 0 Å². The van der Waals surface area contributed by atoms with Crippen molar-refractivity contribution >= 4 is 15.9 Å². The first-order valence-electron chi connectivity index (χ1n) is 9.27. The second kappa shape index (κ2) is 10.1. The number of nitrogens with zero attached hydrogens (tertiary/aromatic N) is 1. The summed E-state index contributed by atoms with van der Waals surface area (Å²) in [7, 11) is 0. The summed E-state index contributed by atoms with van der Waals surface area (Å²) < 4.78 is 12.4. The first kappa shape index (κ1) is 20.1. The van der Waals surface area contributed by atoms with E-state index in [1.54, 1.807) is 6.07 Å². The number of aliphatic hydroxyl groups excluding tert-OH is 1. The van der Waals surface area contributed by atoms with Gasteiger partial charge in [0, 0.05) is 36.3 Å². The smallest absolute Gasteiger partial charge is 0.120 e. The molecule has 6 heteroatoms. The largest absolute Gasteiger partial charge is 0.508 e. The van der Waals surface area contributed by atoms with E-state index in [0.29, 0.717) is 13.1 Å². The van der Waals surface area contributed by atoms with Crippen LogP contribution in [0, 0.1) is 0 Å². The zero-order chi connectivity index (χ0) is 19.1. The van der Waals surface area contributed by atoms with Crippen LogP contribution in [0.1, 0.15) is 18.4 Å². The van der Waals surface area contributed by atoms with Gasteiger partial charge in [-0.2, -0.15) is 0 Å². The third-order valence-corrected chi connectivity index (χ3v) is 5.13. The molecule has 1 aliphatic rings. The van der Waals surface area contributed by atoms with Gasteiger partial charge in [0.2, 0.25) is 0 Å². The molecule has 2 aromatic rings. The van der Waals surface area contributed by atoms with Crippen molar-refractivity contribution in [1.82, 2.24) is 4.90 Å². The molecule has 1 heterocycles. The Balaban J connectivity index is 1.57. The minimum Gasteiger partial charge on any atom is -0.508 e. The maximum absolute atomic E-state index is 10.5. The zero-order valence-electron chi connectivity index (χ0n) is 15.3. The number of rotatable bonds is 9. The molecule has 0 aliphatic carbocycles. The van der Waals surface area contributed by atoms with Crippen LogP contribution in [-0.4, -0.2) is 53.6 Å². The van der Waals surface area contributed by atoms with Crippen LogP contribution >= 0.6 is 15.9 Å². The zero-order valence-corrected chi connectivity index (χ0v) is 16.8. The summed E-state index contributed by atoms with van der Waals surface area (Å²) in [6.07, 6.45) is 1.64. The summed E-state index contributed by atoms with van der Waals surface area (Å²) in [5, 5.41) is 20.6. The third kappa shape index (κ3) is 6.50. The number of benzene rings is 2. The lowest BCUT2D eigenvalue weighted by Crippen LogP contribution is -2.39.